The standard InChI is InChI=1S/C20H14N6/c1-2-4-17-16(3-1)20(25-19(24-17)13-7-9-21-10-8-13)23-15-6-5-14-12-22-26-18(14)11-15/h1-12H,(H,22,26)(H,23,24,25). The van der Waals surface area contributed by atoms with Gasteiger partial charge in [-0.3, -0.25) is 10.1 Å². The highest BCUT2D eigenvalue weighted by Crippen LogP contribution is 2.28. The zero-order valence-corrected chi connectivity index (χ0v) is 13.7. The van der Waals surface area contributed by atoms with Crippen LogP contribution in [0.15, 0.2) is 73.2 Å². The number of para-hydroxylation sites is 1. The van der Waals surface area contributed by atoms with Crippen LogP contribution < -0.4 is 5.32 Å². The van der Waals surface area contributed by atoms with Gasteiger partial charge >= 0.3 is 0 Å². The average Bonchev–Trinajstić information content (AvgIpc) is 3.16. The number of rotatable bonds is 3. The second kappa shape index (κ2) is 5.93. The van der Waals surface area contributed by atoms with Gasteiger partial charge in [-0.15, -0.1) is 0 Å². The summed E-state index contributed by atoms with van der Waals surface area (Å²) in [7, 11) is 0. The average molecular weight is 338 g/mol. The maximum Gasteiger partial charge on any atom is 0.162 e. The lowest BCUT2D eigenvalue weighted by molar-refractivity contribution is 1.12. The molecule has 0 saturated heterocycles. The predicted molar refractivity (Wildman–Crippen MR) is 102 cm³/mol. The van der Waals surface area contributed by atoms with Gasteiger partial charge in [0.2, 0.25) is 0 Å². The third kappa shape index (κ3) is 2.53. The highest BCUT2D eigenvalue weighted by atomic mass is 15.1. The molecular weight excluding hydrogens is 324 g/mol. The fraction of sp³-hybridized carbons (Fsp3) is 0. The molecule has 5 aromatic rings. The number of nitrogens with zero attached hydrogens (tertiary/aromatic N) is 4. The number of hydrogen-bond acceptors (Lipinski definition) is 5. The van der Waals surface area contributed by atoms with Crippen LogP contribution >= 0.6 is 0 Å². The van der Waals surface area contributed by atoms with Crippen LogP contribution in [0.5, 0.6) is 0 Å². The molecule has 3 heterocycles. The summed E-state index contributed by atoms with van der Waals surface area (Å²) in [4.78, 5) is 13.5. The Bertz CT molecular complexity index is 1210. The second-order valence-electron chi connectivity index (χ2n) is 5.95. The normalized spacial score (nSPS) is 11.1. The van der Waals surface area contributed by atoms with E-state index in [0.717, 1.165) is 38.9 Å². The Hall–Kier alpha value is -3.80. The maximum atomic E-state index is 4.76. The predicted octanol–water partition coefficient (Wildman–Crippen LogP) is 4.31. The largest absolute Gasteiger partial charge is 0.340 e. The minimum absolute atomic E-state index is 0.663. The highest BCUT2D eigenvalue weighted by molar-refractivity contribution is 5.93. The number of fused-ring (bicyclic) bond motifs is 2. The summed E-state index contributed by atoms with van der Waals surface area (Å²) in [5.74, 6) is 1.43. The first kappa shape index (κ1) is 14.5. The van der Waals surface area contributed by atoms with Crippen molar-refractivity contribution in [3.05, 3.63) is 73.2 Å². The van der Waals surface area contributed by atoms with Crippen molar-refractivity contribution in [1.29, 1.82) is 0 Å². The molecule has 0 bridgehead atoms. The van der Waals surface area contributed by atoms with Crippen LogP contribution in [-0.4, -0.2) is 25.1 Å². The molecule has 0 unspecified atom stereocenters. The number of anilines is 2. The van der Waals surface area contributed by atoms with Crippen molar-refractivity contribution >= 4 is 33.3 Å². The molecule has 0 fully saturated rings. The van der Waals surface area contributed by atoms with Crippen LogP contribution in [0.25, 0.3) is 33.2 Å². The molecule has 6 nitrogen and oxygen atoms in total. The van der Waals surface area contributed by atoms with Crippen molar-refractivity contribution in [2.24, 2.45) is 0 Å². The Balaban J connectivity index is 1.65. The summed E-state index contributed by atoms with van der Waals surface area (Å²) >= 11 is 0. The quantitative estimate of drug-likeness (QED) is 0.512. The van der Waals surface area contributed by atoms with Crippen LogP contribution in [0.3, 0.4) is 0 Å². The van der Waals surface area contributed by atoms with Crippen LogP contribution in [0.4, 0.5) is 11.5 Å². The van der Waals surface area contributed by atoms with E-state index in [4.69, 9.17) is 9.97 Å². The van der Waals surface area contributed by atoms with Gasteiger partial charge in [-0.2, -0.15) is 5.10 Å². The molecule has 5 rings (SSSR count). The Morgan fingerprint density at radius 3 is 2.69 bits per heavy atom. The van der Waals surface area contributed by atoms with Crippen molar-refractivity contribution in [3.63, 3.8) is 0 Å². The van der Waals surface area contributed by atoms with Gasteiger partial charge in [0.15, 0.2) is 5.82 Å². The first-order valence-corrected chi connectivity index (χ1v) is 8.24. The summed E-state index contributed by atoms with van der Waals surface area (Å²) < 4.78 is 0. The fourth-order valence-corrected chi connectivity index (χ4v) is 2.95. The zero-order valence-electron chi connectivity index (χ0n) is 13.7. The summed E-state index contributed by atoms with van der Waals surface area (Å²) in [6, 6.07) is 17.8. The number of aromatic nitrogens is 5. The van der Waals surface area contributed by atoms with E-state index < -0.39 is 0 Å². The van der Waals surface area contributed by atoms with Gasteiger partial charge < -0.3 is 5.32 Å². The van der Waals surface area contributed by atoms with Crippen molar-refractivity contribution in [2.75, 3.05) is 5.32 Å². The lowest BCUT2D eigenvalue weighted by Crippen LogP contribution is -1.99. The molecule has 0 saturated carbocycles. The third-order valence-electron chi connectivity index (χ3n) is 4.25. The molecule has 0 spiro atoms. The fourth-order valence-electron chi connectivity index (χ4n) is 2.95. The Kier molecular flexibility index (Phi) is 3.31. The van der Waals surface area contributed by atoms with Gasteiger partial charge in [0.05, 0.1) is 17.2 Å². The van der Waals surface area contributed by atoms with Crippen LogP contribution in [0.2, 0.25) is 0 Å². The van der Waals surface area contributed by atoms with E-state index in [1.165, 1.54) is 0 Å². The molecule has 26 heavy (non-hydrogen) atoms. The van der Waals surface area contributed by atoms with Gasteiger partial charge in [-0.25, -0.2) is 9.97 Å². The van der Waals surface area contributed by atoms with Crippen molar-refractivity contribution < 1.29 is 0 Å². The lowest BCUT2D eigenvalue weighted by Gasteiger charge is -2.11. The lowest BCUT2D eigenvalue weighted by atomic mass is 10.2. The molecule has 0 amide bonds. The van der Waals surface area contributed by atoms with E-state index >= 15 is 0 Å². The molecular formula is C20H14N6. The van der Waals surface area contributed by atoms with Gasteiger partial charge in [0.1, 0.15) is 5.82 Å². The van der Waals surface area contributed by atoms with Crippen LogP contribution in [-0.2, 0) is 0 Å². The first-order chi connectivity index (χ1) is 12.9. The summed E-state index contributed by atoms with van der Waals surface area (Å²) in [6.45, 7) is 0. The Morgan fingerprint density at radius 1 is 0.885 bits per heavy atom. The SMILES string of the molecule is c1ccc2c(Nc3ccc4cn[nH]c4c3)nc(-c3ccncc3)nc2c1. The molecule has 0 aliphatic rings. The first-order valence-electron chi connectivity index (χ1n) is 8.24. The third-order valence-corrected chi connectivity index (χ3v) is 4.25. The highest BCUT2D eigenvalue weighted by Gasteiger charge is 2.10. The van der Waals surface area contributed by atoms with Gasteiger partial charge in [0.25, 0.3) is 0 Å². The van der Waals surface area contributed by atoms with E-state index in [9.17, 15) is 0 Å². The van der Waals surface area contributed by atoms with Gasteiger partial charge in [0, 0.05) is 34.4 Å². The molecule has 6 heteroatoms. The second-order valence-corrected chi connectivity index (χ2v) is 5.95. The molecule has 0 atom stereocenters. The number of H-pyrrole nitrogens is 1. The number of nitrogens with one attached hydrogen (secondary N) is 2. The van der Waals surface area contributed by atoms with Crippen molar-refractivity contribution in [1.82, 2.24) is 25.1 Å². The summed E-state index contributed by atoms with van der Waals surface area (Å²) in [5.41, 5.74) is 3.73. The van der Waals surface area contributed by atoms with E-state index in [2.05, 4.69) is 20.5 Å². The molecule has 2 aromatic carbocycles. The van der Waals surface area contributed by atoms with E-state index in [-0.39, 0.29) is 0 Å². The molecule has 124 valence electrons. The topological polar surface area (TPSA) is 79.4 Å². The van der Waals surface area contributed by atoms with Crippen LogP contribution in [0, 0.1) is 0 Å². The van der Waals surface area contributed by atoms with Gasteiger partial charge in [-0.1, -0.05) is 12.1 Å². The number of hydrogen-bond donors (Lipinski definition) is 2. The van der Waals surface area contributed by atoms with Gasteiger partial charge in [-0.05, 0) is 42.5 Å². The van der Waals surface area contributed by atoms with E-state index in [0.29, 0.717) is 5.82 Å². The molecule has 3 aromatic heterocycles. The number of pyridine rings is 1. The van der Waals surface area contributed by atoms with Crippen molar-refractivity contribution in [2.45, 2.75) is 0 Å². The smallest absolute Gasteiger partial charge is 0.162 e. The van der Waals surface area contributed by atoms with E-state index in [1.807, 2.05) is 54.6 Å². The Morgan fingerprint density at radius 2 is 1.77 bits per heavy atom. The Labute approximate surface area is 149 Å². The zero-order chi connectivity index (χ0) is 17.3. The number of aromatic amines is 1. The minimum Gasteiger partial charge on any atom is -0.340 e. The minimum atomic E-state index is 0.663. The van der Waals surface area contributed by atoms with Crippen molar-refractivity contribution in [3.8, 4) is 11.4 Å². The summed E-state index contributed by atoms with van der Waals surface area (Å²) in [5, 5.41) is 12.5. The monoisotopic (exact) mass is 338 g/mol. The van der Waals surface area contributed by atoms with E-state index in [1.54, 1.807) is 18.6 Å². The molecule has 0 radical (unpaired) electrons. The maximum absolute atomic E-state index is 4.76. The van der Waals surface area contributed by atoms with Crippen LogP contribution in [0.1, 0.15) is 0 Å². The molecule has 0 aliphatic heterocycles. The summed E-state index contributed by atoms with van der Waals surface area (Å²) in [6.07, 6.45) is 5.29. The molecule has 0 aliphatic carbocycles. The number of benzene rings is 2. The molecule has 2 N–H and O–H groups in total.